The van der Waals surface area contributed by atoms with E-state index in [1.165, 1.54) is 12.1 Å². The molecule has 1 aliphatic rings. The third kappa shape index (κ3) is 6.38. The van der Waals surface area contributed by atoms with E-state index in [9.17, 15) is 13.6 Å². The van der Waals surface area contributed by atoms with Crippen molar-refractivity contribution in [2.24, 2.45) is 5.92 Å². The maximum atomic E-state index is 14.9. The van der Waals surface area contributed by atoms with E-state index in [0.29, 0.717) is 69.3 Å². The van der Waals surface area contributed by atoms with Gasteiger partial charge in [-0.25, -0.2) is 13.8 Å². The van der Waals surface area contributed by atoms with E-state index < -0.39 is 11.6 Å². The van der Waals surface area contributed by atoms with Crippen molar-refractivity contribution in [2.75, 3.05) is 44.9 Å². The summed E-state index contributed by atoms with van der Waals surface area (Å²) in [4.78, 5) is 17.7. The number of carbonyl (C=O) groups is 1. The summed E-state index contributed by atoms with van der Waals surface area (Å²) in [6, 6.07) is 7.75. The van der Waals surface area contributed by atoms with Crippen LogP contribution in [-0.4, -0.2) is 51.0 Å². The van der Waals surface area contributed by atoms with Gasteiger partial charge in [0.15, 0.2) is 0 Å². The Hall–Kier alpha value is -2.74. The van der Waals surface area contributed by atoms with Gasteiger partial charge in [0, 0.05) is 51.3 Å². The van der Waals surface area contributed by atoms with Crippen LogP contribution in [0.3, 0.4) is 0 Å². The van der Waals surface area contributed by atoms with Crippen molar-refractivity contribution in [2.45, 2.75) is 32.6 Å². The molecule has 1 aliphatic heterocycles. The summed E-state index contributed by atoms with van der Waals surface area (Å²) in [5.74, 6) is -0.905. The van der Waals surface area contributed by atoms with Crippen LogP contribution in [0, 0.1) is 17.6 Å². The van der Waals surface area contributed by atoms with Crippen molar-refractivity contribution in [3.05, 3.63) is 42.0 Å². The van der Waals surface area contributed by atoms with Gasteiger partial charge >= 0.3 is 5.97 Å². The number of nitrogens with zero attached hydrogens (tertiary/aromatic N) is 2. The van der Waals surface area contributed by atoms with Crippen LogP contribution >= 0.6 is 0 Å². The maximum Gasteiger partial charge on any atom is 0.306 e. The first-order valence-corrected chi connectivity index (χ1v) is 11.0. The van der Waals surface area contributed by atoms with E-state index >= 15 is 0 Å². The van der Waals surface area contributed by atoms with Gasteiger partial charge < -0.3 is 19.1 Å². The Balaban J connectivity index is 1.66. The third-order valence-corrected chi connectivity index (χ3v) is 5.47. The minimum atomic E-state index is -0.628. The lowest BCUT2D eigenvalue weighted by Crippen LogP contribution is -2.35. The zero-order chi connectivity index (χ0) is 22.9. The van der Waals surface area contributed by atoms with Crippen molar-refractivity contribution < 1.29 is 27.8 Å². The van der Waals surface area contributed by atoms with E-state index in [4.69, 9.17) is 14.2 Å². The number of benzene rings is 1. The number of rotatable bonds is 10. The molecule has 1 aromatic heterocycles. The lowest BCUT2D eigenvalue weighted by Gasteiger charge is -2.33. The number of carbonyl (C=O) groups excluding carboxylic acids is 1. The van der Waals surface area contributed by atoms with Crippen molar-refractivity contribution in [1.82, 2.24) is 4.98 Å². The van der Waals surface area contributed by atoms with Gasteiger partial charge in [0.25, 0.3) is 0 Å². The average molecular weight is 449 g/mol. The lowest BCUT2D eigenvalue weighted by atomic mass is 9.93. The monoisotopic (exact) mass is 448 g/mol. The molecule has 2 heterocycles. The predicted octanol–water partition coefficient (Wildman–Crippen LogP) is 4.61. The van der Waals surface area contributed by atoms with E-state index in [2.05, 4.69) is 4.98 Å². The first-order chi connectivity index (χ1) is 15.5. The van der Waals surface area contributed by atoms with Crippen LogP contribution in [-0.2, 0) is 14.3 Å². The quantitative estimate of drug-likeness (QED) is 0.391. The summed E-state index contributed by atoms with van der Waals surface area (Å²) in [6.45, 7) is 4.13. The van der Waals surface area contributed by atoms with Crippen molar-refractivity contribution in [3.8, 4) is 17.1 Å². The number of esters is 1. The minimum absolute atomic E-state index is 0.0321. The van der Waals surface area contributed by atoms with Gasteiger partial charge in [-0.2, -0.15) is 0 Å². The highest BCUT2D eigenvalue weighted by atomic mass is 19.1. The fourth-order valence-corrected chi connectivity index (χ4v) is 3.87. The Bertz CT molecular complexity index is 878. The molecule has 0 N–H and O–H groups in total. The Morgan fingerprint density at radius 1 is 1.16 bits per heavy atom. The maximum absolute atomic E-state index is 14.9. The van der Waals surface area contributed by atoms with Gasteiger partial charge in [-0.05, 0) is 43.9 Å². The lowest BCUT2D eigenvalue weighted by molar-refractivity contribution is -0.144. The molecule has 1 saturated heterocycles. The van der Waals surface area contributed by atoms with Crippen LogP contribution in [0.15, 0.2) is 30.3 Å². The summed E-state index contributed by atoms with van der Waals surface area (Å²) in [5.41, 5.74) is 0.755. The summed E-state index contributed by atoms with van der Waals surface area (Å²) in [5, 5.41) is 0. The van der Waals surface area contributed by atoms with E-state index in [-0.39, 0.29) is 17.6 Å². The molecule has 1 fully saturated rings. The largest absolute Gasteiger partial charge is 0.478 e. The van der Waals surface area contributed by atoms with E-state index in [1.807, 2.05) is 0 Å². The highest BCUT2D eigenvalue weighted by Crippen LogP contribution is 2.33. The Labute approximate surface area is 187 Å². The topological polar surface area (TPSA) is 60.9 Å². The normalized spacial score (nSPS) is 14.4. The second-order valence-corrected chi connectivity index (χ2v) is 7.78. The predicted molar refractivity (Wildman–Crippen MR) is 118 cm³/mol. The molecule has 1 aromatic carbocycles. The molecule has 6 nitrogen and oxygen atoms in total. The van der Waals surface area contributed by atoms with Gasteiger partial charge in [0.05, 0.1) is 18.9 Å². The number of piperidine rings is 1. The second-order valence-electron chi connectivity index (χ2n) is 7.78. The SMILES string of the molecule is CCOC(=O)CC1CCN(c2c(F)cc(-c3cccc(OCCCOC)n3)cc2F)CC1. The summed E-state index contributed by atoms with van der Waals surface area (Å²) < 4.78 is 45.5. The van der Waals surface area contributed by atoms with Gasteiger partial charge in [-0.3, -0.25) is 4.79 Å². The van der Waals surface area contributed by atoms with Crippen LogP contribution in [0.2, 0.25) is 0 Å². The molecule has 3 rings (SSSR count). The molecule has 0 radical (unpaired) electrons. The molecule has 0 amide bonds. The molecule has 174 valence electrons. The number of ether oxygens (including phenoxy) is 3. The van der Waals surface area contributed by atoms with Gasteiger partial charge in [0.2, 0.25) is 5.88 Å². The number of pyridine rings is 1. The number of hydrogen-bond acceptors (Lipinski definition) is 6. The van der Waals surface area contributed by atoms with Crippen molar-refractivity contribution in [1.29, 1.82) is 0 Å². The van der Waals surface area contributed by atoms with Crippen LogP contribution in [0.25, 0.3) is 11.3 Å². The second kappa shape index (κ2) is 11.8. The number of aromatic nitrogens is 1. The van der Waals surface area contributed by atoms with Crippen LogP contribution in [0.5, 0.6) is 5.88 Å². The summed E-state index contributed by atoms with van der Waals surface area (Å²) in [7, 11) is 1.62. The summed E-state index contributed by atoms with van der Waals surface area (Å²) >= 11 is 0. The van der Waals surface area contributed by atoms with Gasteiger partial charge in [0.1, 0.15) is 17.3 Å². The summed E-state index contributed by atoms with van der Waals surface area (Å²) in [6.07, 6.45) is 2.44. The number of hydrogen-bond donors (Lipinski definition) is 0. The van der Waals surface area contributed by atoms with Gasteiger partial charge in [-0.15, -0.1) is 0 Å². The molecule has 0 aliphatic carbocycles. The minimum Gasteiger partial charge on any atom is -0.478 e. The molecule has 0 saturated carbocycles. The van der Waals surface area contributed by atoms with Gasteiger partial charge in [-0.1, -0.05) is 6.07 Å². The van der Waals surface area contributed by atoms with E-state index in [0.717, 1.165) is 6.42 Å². The first-order valence-electron chi connectivity index (χ1n) is 11.0. The zero-order valence-electron chi connectivity index (χ0n) is 18.6. The molecule has 0 spiro atoms. The molecule has 2 aromatic rings. The molecule has 8 heteroatoms. The molecule has 0 unspecified atom stereocenters. The molecule has 0 atom stereocenters. The van der Waals surface area contributed by atoms with Crippen molar-refractivity contribution >= 4 is 11.7 Å². The standard InChI is InChI=1S/C24H30F2N2O4/c1-3-31-23(29)14-17-8-10-28(11-9-17)24-19(25)15-18(16-20(24)26)21-6-4-7-22(27-21)32-13-5-12-30-2/h4,6-7,15-17H,3,5,8-14H2,1-2H3. The fourth-order valence-electron chi connectivity index (χ4n) is 3.87. The number of anilines is 1. The fraction of sp³-hybridized carbons (Fsp3) is 0.500. The third-order valence-electron chi connectivity index (χ3n) is 5.47. The molecule has 32 heavy (non-hydrogen) atoms. The average Bonchev–Trinajstić information content (AvgIpc) is 2.78. The number of halogens is 2. The van der Waals surface area contributed by atoms with Crippen LogP contribution in [0.4, 0.5) is 14.5 Å². The highest BCUT2D eigenvalue weighted by Gasteiger charge is 2.26. The Kier molecular flexibility index (Phi) is 8.79. The molecular formula is C24H30F2N2O4. The van der Waals surface area contributed by atoms with Crippen LogP contribution < -0.4 is 9.64 Å². The Morgan fingerprint density at radius 3 is 2.53 bits per heavy atom. The van der Waals surface area contributed by atoms with Crippen molar-refractivity contribution in [3.63, 3.8) is 0 Å². The van der Waals surface area contributed by atoms with E-state index in [1.54, 1.807) is 37.1 Å². The molecular weight excluding hydrogens is 418 g/mol. The molecule has 0 bridgehead atoms. The highest BCUT2D eigenvalue weighted by molar-refractivity contribution is 5.69. The Morgan fingerprint density at radius 2 is 1.88 bits per heavy atom. The zero-order valence-corrected chi connectivity index (χ0v) is 18.6. The smallest absolute Gasteiger partial charge is 0.306 e. The first kappa shape index (κ1) is 23.9. The number of methoxy groups -OCH3 is 1. The van der Waals surface area contributed by atoms with Crippen LogP contribution in [0.1, 0.15) is 32.6 Å².